The number of hydrogen-bond acceptors (Lipinski definition) is 3. The molecule has 1 heterocycles. The maximum atomic E-state index is 5.75. The van der Waals surface area contributed by atoms with Crippen LogP contribution in [0.4, 0.5) is 0 Å². The summed E-state index contributed by atoms with van der Waals surface area (Å²) in [5.41, 5.74) is 1.91. The van der Waals surface area contributed by atoms with Crippen molar-refractivity contribution in [3.05, 3.63) is 18.0 Å². The van der Waals surface area contributed by atoms with E-state index in [1.165, 1.54) is 0 Å². The third-order valence-electron chi connectivity index (χ3n) is 2.80. The molecule has 1 aromatic heterocycles. The number of aryl methyl sites for hydroxylation is 2. The normalized spacial score (nSPS) is 10.8. The van der Waals surface area contributed by atoms with E-state index in [9.17, 15) is 0 Å². The summed E-state index contributed by atoms with van der Waals surface area (Å²) in [6, 6.07) is 3.81. The number of ether oxygens (including phenoxy) is 2. The molecule has 92 valence electrons. The predicted octanol–water partition coefficient (Wildman–Crippen LogP) is 2.37. The highest BCUT2D eigenvalue weighted by molar-refractivity contribution is 6.17. The highest BCUT2D eigenvalue weighted by Crippen LogP contribution is 2.32. The molecule has 4 nitrogen and oxygen atoms in total. The first-order chi connectivity index (χ1) is 8.21. The molecule has 17 heavy (non-hydrogen) atoms. The molecule has 0 aliphatic heterocycles. The Kier molecular flexibility index (Phi) is 3.43. The summed E-state index contributed by atoms with van der Waals surface area (Å²) in [5.74, 6) is 2.92. The Bertz CT molecular complexity index is 537. The van der Waals surface area contributed by atoms with Crippen LogP contribution in [-0.2, 0) is 13.5 Å². The SMILES string of the molecule is COc1cc2nc(CCCl)n(C)c2cc1OC. The van der Waals surface area contributed by atoms with Gasteiger partial charge in [0.25, 0.3) is 0 Å². The van der Waals surface area contributed by atoms with Crippen molar-refractivity contribution in [1.29, 1.82) is 0 Å². The molecule has 0 saturated heterocycles. The third-order valence-corrected chi connectivity index (χ3v) is 2.99. The Morgan fingerprint density at radius 2 is 1.88 bits per heavy atom. The number of halogens is 1. The first-order valence-corrected chi connectivity index (χ1v) is 5.88. The molecule has 0 atom stereocenters. The smallest absolute Gasteiger partial charge is 0.163 e. The van der Waals surface area contributed by atoms with Crippen LogP contribution in [0.25, 0.3) is 11.0 Å². The number of alkyl halides is 1. The molecule has 0 aliphatic carbocycles. The molecule has 0 aliphatic rings. The Hall–Kier alpha value is -1.42. The number of fused-ring (bicyclic) bond motifs is 1. The van der Waals surface area contributed by atoms with Crippen LogP contribution in [0.3, 0.4) is 0 Å². The molecule has 2 aromatic rings. The fourth-order valence-electron chi connectivity index (χ4n) is 1.88. The van der Waals surface area contributed by atoms with Gasteiger partial charge in [-0.25, -0.2) is 4.98 Å². The van der Waals surface area contributed by atoms with Crippen molar-refractivity contribution in [1.82, 2.24) is 9.55 Å². The van der Waals surface area contributed by atoms with Crippen LogP contribution < -0.4 is 9.47 Å². The molecule has 1 aromatic carbocycles. The van der Waals surface area contributed by atoms with E-state index in [0.717, 1.165) is 23.3 Å². The molecule has 2 rings (SSSR count). The zero-order chi connectivity index (χ0) is 12.4. The molecule has 5 heteroatoms. The Morgan fingerprint density at radius 1 is 1.24 bits per heavy atom. The minimum absolute atomic E-state index is 0.561. The number of hydrogen-bond donors (Lipinski definition) is 0. The van der Waals surface area contributed by atoms with E-state index in [1.807, 2.05) is 23.7 Å². The zero-order valence-corrected chi connectivity index (χ0v) is 10.9. The van der Waals surface area contributed by atoms with E-state index in [-0.39, 0.29) is 0 Å². The van der Waals surface area contributed by atoms with E-state index >= 15 is 0 Å². The van der Waals surface area contributed by atoms with Crippen molar-refractivity contribution < 1.29 is 9.47 Å². The van der Waals surface area contributed by atoms with Gasteiger partial charge in [-0.1, -0.05) is 0 Å². The number of rotatable bonds is 4. The maximum absolute atomic E-state index is 5.75. The van der Waals surface area contributed by atoms with Gasteiger partial charge in [0.05, 0.1) is 25.3 Å². The Balaban J connectivity index is 2.62. The van der Waals surface area contributed by atoms with Crippen LogP contribution in [0.15, 0.2) is 12.1 Å². The van der Waals surface area contributed by atoms with Gasteiger partial charge < -0.3 is 14.0 Å². The van der Waals surface area contributed by atoms with Gasteiger partial charge in [0, 0.05) is 31.5 Å². The standard InChI is InChI=1S/C12H15ClN2O2/c1-15-9-7-11(17-3)10(16-2)6-8(9)14-12(15)4-5-13/h6-7H,4-5H2,1-3H3. The van der Waals surface area contributed by atoms with Gasteiger partial charge in [0.1, 0.15) is 5.82 Å². The van der Waals surface area contributed by atoms with Crippen LogP contribution in [-0.4, -0.2) is 29.7 Å². The summed E-state index contributed by atoms with van der Waals surface area (Å²) in [6.07, 6.45) is 0.747. The fourth-order valence-corrected chi connectivity index (χ4v) is 2.05. The van der Waals surface area contributed by atoms with Crippen molar-refractivity contribution in [2.24, 2.45) is 7.05 Å². The second-order valence-corrected chi connectivity index (χ2v) is 4.10. The van der Waals surface area contributed by atoms with Gasteiger partial charge in [-0.2, -0.15) is 0 Å². The second-order valence-electron chi connectivity index (χ2n) is 3.72. The molecule has 0 radical (unpaired) electrons. The first kappa shape index (κ1) is 12.0. The predicted molar refractivity (Wildman–Crippen MR) is 68.2 cm³/mol. The van der Waals surface area contributed by atoms with Gasteiger partial charge >= 0.3 is 0 Å². The molecule has 0 fully saturated rings. The average molecular weight is 255 g/mol. The minimum atomic E-state index is 0.561. The molecular weight excluding hydrogens is 240 g/mol. The molecule has 0 N–H and O–H groups in total. The van der Waals surface area contributed by atoms with Crippen molar-refractivity contribution in [3.63, 3.8) is 0 Å². The Morgan fingerprint density at radius 3 is 2.47 bits per heavy atom. The highest BCUT2D eigenvalue weighted by Gasteiger charge is 2.12. The summed E-state index contributed by atoms with van der Waals surface area (Å²) in [4.78, 5) is 4.53. The number of aromatic nitrogens is 2. The lowest BCUT2D eigenvalue weighted by Crippen LogP contribution is -1.98. The van der Waals surface area contributed by atoms with Gasteiger partial charge in [-0.15, -0.1) is 11.6 Å². The van der Waals surface area contributed by atoms with Gasteiger partial charge in [-0.05, 0) is 0 Å². The minimum Gasteiger partial charge on any atom is -0.493 e. The lowest BCUT2D eigenvalue weighted by atomic mass is 10.2. The summed E-state index contributed by atoms with van der Waals surface area (Å²) in [6.45, 7) is 0. The van der Waals surface area contributed by atoms with Gasteiger partial charge in [-0.3, -0.25) is 0 Å². The molecule has 0 spiro atoms. The monoisotopic (exact) mass is 254 g/mol. The van der Waals surface area contributed by atoms with Crippen LogP contribution in [0.1, 0.15) is 5.82 Å². The summed E-state index contributed by atoms with van der Waals surface area (Å²) in [5, 5.41) is 0. The van der Waals surface area contributed by atoms with Crippen molar-refractivity contribution >= 4 is 22.6 Å². The van der Waals surface area contributed by atoms with Gasteiger partial charge in [0.2, 0.25) is 0 Å². The second kappa shape index (κ2) is 4.84. The average Bonchev–Trinajstić information content (AvgIpc) is 2.65. The summed E-state index contributed by atoms with van der Waals surface area (Å²) >= 11 is 5.75. The lowest BCUT2D eigenvalue weighted by Gasteiger charge is -2.07. The fraction of sp³-hybridized carbons (Fsp3) is 0.417. The van der Waals surface area contributed by atoms with Crippen molar-refractivity contribution in [2.75, 3.05) is 20.1 Å². The summed E-state index contributed by atoms with van der Waals surface area (Å²) < 4.78 is 12.6. The van der Waals surface area contributed by atoms with E-state index in [1.54, 1.807) is 14.2 Å². The first-order valence-electron chi connectivity index (χ1n) is 5.34. The van der Waals surface area contributed by atoms with Crippen LogP contribution in [0, 0.1) is 0 Å². The van der Waals surface area contributed by atoms with Gasteiger partial charge in [0.15, 0.2) is 11.5 Å². The number of benzene rings is 1. The molecule has 0 amide bonds. The van der Waals surface area contributed by atoms with Crippen LogP contribution in [0.5, 0.6) is 11.5 Å². The largest absolute Gasteiger partial charge is 0.493 e. The third kappa shape index (κ3) is 2.05. The van der Waals surface area contributed by atoms with Crippen molar-refractivity contribution in [2.45, 2.75) is 6.42 Å². The number of imidazole rings is 1. The zero-order valence-electron chi connectivity index (χ0n) is 10.2. The summed E-state index contributed by atoms with van der Waals surface area (Å²) in [7, 11) is 5.22. The maximum Gasteiger partial charge on any atom is 0.163 e. The van der Waals surface area contributed by atoms with E-state index in [0.29, 0.717) is 17.4 Å². The number of nitrogens with zero attached hydrogens (tertiary/aromatic N) is 2. The quantitative estimate of drug-likeness (QED) is 0.786. The molecular formula is C12H15ClN2O2. The van der Waals surface area contributed by atoms with E-state index in [2.05, 4.69) is 4.98 Å². The van der Waals surface area contributed by atoms with Crippen LogP contribution >= 0.6 is 11.6 Å². The topological polar surface area (TPSA) is 36.3 Å². The number of methoxy groups -OCH3 is 2. The lowest BCUT2D eigenvalue weighted by molar-refractivity contribution is 0.355. The molecule has 0 unspecified atom stereocenters. The Labute approximate surface area is 105 Å². The van der Waals surface area contributed by atoms with E-state index in [4.69, 9.17) is 21.1 Å². The molecule has 0 saturated carbocycles. The highest BCUT2D eigenvalue weighted by atomic mass is 35.5. The van der Waals surface area contributed by atoms with Crippen molar-refractivity contribution in [3.8, 4) is 11.5 Å². The molecule has 0 bridgehead atoms. The van der Waals surface area contributed by atoms with E-state index < -0.39 is 0 Å². The van der Waals surface area contributed by atoms with Crippen LogP contribution in [0.2, 0.25) is 0 Å².